The average molecular weight is 360 g/mol. The van der Waals surface area contributed by atoms with Crippen LogP contribution in [-0.2, 0) is 0 Å². The number of nitro groups is 1. The van der Waals surface area contributed by atoms with Crippen molar-refractivity contribution in [2.75, 3.05) is 57.3 Å². The van der Waals surface area contributed by atoms with E-state index in [1.54, 1.807) is 24.4 Å². The molecule has 0 radical (unpaired) electrons. The van der Waals surface area contributed by atoms with E-state index in [0.717, 1.165) is 6.54 Å². The van der Waals surface area contributed by atoms with Gasteiger partial charge in [0.1, 0.15) is 17.3 Å². The monoisotopic (exact) mass is 360 g/mol. The van der Waals surface area contributed by atoms with Crippen molar-refractivity contribution in [1.82, 2.24) is 9.88 Å². The molecule has 0 atom stereocenters. The average Bonchev–Trinajstić information content (AvgIpc) is 2.59. The van der Waals surface area contributed by atoms with Crippen molar-refractivity contribution in [1.29, 1.82) is 0 Å². The maximum absolute atomic E-state index is 11.6. The summed E-state index contributed by atoms with van der Waals surface area (Å²) in [5, 5.41) is 14.6. The van der Waals surface area contributed by atoms with Crippen LogP contribution in [0.5, 0.6) is 5.75 Å². The zero-order valence-corrected chi connectivity index (χ0v) is 15.4. The molecule has 0 fully saturated rings. The number of ether oxygens (including phenoxy) is 1. The minimum Gasteiger partial charge on any atom is -0.494 e. The molecule has 0 amide bonds. The van der Waals surface area contributed by atoms with E-state index in [1.807, 2.05) is 30.9 Å². The van der Waals surface area contributed by atoms with Gasteiger partial charge >= 0.3 is 0 Å². The molecule has 3 N–H and O–H groups in total. The number of nitrogens with one attached hydrogen (secondary N) is 1. The summed E-state index contributed by atoms with van der Waals surface area (Å²) in [7, 11) is 7.24. The third kappa shape index (κ3) is 4.73. The molecule has 1 aromatic heterocycles. The van der Waals surface area contributed by atoms with Crippen LogP contribution in [0.2, 0.25) is 0 Å². The fourth-order valence-corrected chi connectivity index (χ4v) is 2.40. The van der Waals surface area contributed by atoms with Crippen molar-refractivity contribution in [3.05, 3.63) is 40.6 Å². The number of nitrogens with two attached hydrogens (primary N) is 1. The Hall–Kier alpha value is -3.07. The van der Waals surface area contributed by atoms with Gasteiger partial charge in [-0.05, 0) is 20.2 Å². The second-order valence-electron chi connectivity index (χ2n) is 6.12. The predicted molar refractivity (Wildman–Crippen MR) is 103 cm³/mol. The van der Waals surface area contributed by atoms with Crippen LogP contribution in [-0.4, -0.2) is 56.1 Å². The van der Waals surface area contributed by atoms with Gasteiger partial charge in [-0.15, -0.1) is 0 Å². The Morgan fingerprint density at radius 1 is 1.27 bits per heavy atom. The van der Waals surface area contributed by atoms with Gasteiger partial charge in [0.05, 0.1) is 17.7 Å². The van der Waals surface area contributed by atoms with Crippen LogP contribution in [0, 0.1) is 10.1 Å². The molecule has 9 heteroatoms. The Kier molecular flexibility index (Phi) is 6.18. The fraction of sp³-hybridized carbons (Fsp3) is 0.353. The summed E-state index contributed by atoms with van der Waals surface area (Å²) in [6.45, 7) is 1.41. The lowest BCUT2D eigenvalue weighted by Crippen LogP contribution is -2.28. The van der Waals surface area contributed by atoms with Crippen LogP contribution >= 0.6 is 0 Å². The summed E-state index contributed by atoms with van der Waals surface area (Å²) in [6.07, 6.45) is 1.56. The van der Waals surface area contributed by atoms with E-state index >= 15 is 0 Å². The summed E-state index contributed by atoms with van der Waals surface area (Å²) in [4.78, 5) is 19.2. The molecule has 0 aliphatic rings. The number of hydrogen-bond donors (Lipinski definition) is 2. The minimum atomic E-state index is -0.404. The molecular weight excluding hydrogens is 336 g/mol. The van der Waals surface area contributed by atoms with Crippen molar-refractivity contribution in [3.63, 3.8) is 0 Å². The summed E-state index contributed by atoms with van der Waals surface area (Å²) < 4.78 is 5.42. The molecule has 9 nitrogen and oxygen atoms in total. The number of methoxy groups -OCH3 is 1. The molecule has 0 bridgehead atoms. The quantitative estimate of drug-likeness (QED) is 0.545. The Morgan fingerprint density at radius 3 is 2.58 bits per heavy atom. The lowest BCUT2D eigenvalue weighted by atomic mass is 10.2. The van der Waals surface area contributed by atoms with Gasteiger partial charge in [0, 0.05) is 50.2 Å². The first-order valence-electron chi connectivity index (χ1n) is 8.02. The summed E-state index contributed by atoms with van der Waals surface area (Å²) in [5.74, 6) is 0.956. The number of pyridine rings is 1. The number of nitrogens with zero attached hydrogens (tertiary/aromatic N) is 4. The van der Waals surface area contributed by atoms with Crippen molar-refractivity contribution < 1.29 is 9.66 Å². The highest BCUT2D eigenvalue weighted by molar-refractivity contribution is 5.77. The predicted octanol–water partition coefficient (Wildman–Crippen LogP) is 2.32. The van der Waals surface area contributed by atoms with Gasteiger partial charge in [-0.3, -0.25) is 10.1 Å². The van der Waals surface area contributed by atoms with Gasteiger partial charge in [-0.2, -0.15) is 0 Å². The van der Waals surface area contributed by atoms with Crippen molar-refractivity contribution in [2.24, 2.45) is 0 Å². The molecular formula is C17H24N6O3. The molecule has 1 aromatic carbocycles. The molecule has 0 spiro atoms. The zero-order valence-electron chi connectivity index (χ0n) is 15.4. The maximum atomic E-state index is 11.6. The maximum Gasteiger partial charge on any atom is 0.294 e. The smallest absolute Gasteiger partial charge is 0.294 e. The Morgan fingerprint density at radius 2 is 2.00 bits per heavy atom. The van der Waals surface area contributed by atoms with Crippen LogP contribution in [0.25, 0.3) is 0 Å². The van der Waals surface area contributed by atoms with E-state index in [4.69, 9.17) is 10.5 Å². The summed E-state index contributed by atoms with van der Waals surface area (Å²) in [5.41, 5.74) is 7.21. The second-order valence-corrected chi connectivity index (χ2v) is 6.12. The molecule has 0 aliphatic heterocycles. The molecule has 0 saturated heterocycles. The normalized spacial score (nSPS) is 10.7. The van der Waals surface area contributed by atoms with E-state index in [9.17, 15) is 10.1 Å². The summed E-state index contributed by atoms with van der Waals surface area (Å²) in [6, 6.07) is 6.41. The minimum absolute atomic E-state index is 0.0153. The molecule has 140 valence electrons. The van der Waals surface area contributed by atoms with Crippen LogP contribution in [0.4, 0.5) is 28.6 Å². The standard InChI is InChI=1S/C17H24N6O3/c1-21(2)7-8-22(3)14-11-16(26-4)13(10-15(14)23(24)25)20-17-9-12(18)5-6-19-17/h5-6,9-11H,7-8H2,1-4H3,(H3,18,19,20). The van der Waals surface area contributed by atoms with Gasteiger partial charge in [0.2, 0.25) is 0 Å². The number of benzene rings is 1. The van der Waals surface area contributed by atoms with Crippen molar-refractivity contribution in [2.45, 2.75) is 0 Å². The van der Waals surface area contributed by atoms with Gasteiger partial charge < -0.3 is 25.6 Å². The number of likely N-dealkylation sites (N-methyl/N-ethyl adjacent to an activating group) is 2. The molecule has 2 rings (SSSR count). The third-order valence-electron chi connectivity index (χ3n) is 3.83. The van der Waals surface area contributed by atoms with Crippen molar-refractivity contribution in [3.8, 4) is 5.75 Å². The molecule has 0 unspecified atom stereocenters. The number of aromatic nitrogens is 1. The van der Waals surface area contributed by atoms with Gasteiger partial charge in [0.15, 0.2) is 0 Å². The van der Waals surface area contributed by atoms with E-state index < -0.39 is 4.92 Å². The number of rotatable bonds is 8. The lowest BCUT2D eigenvalue weighted by Gasteiger charge is -2.22. The van der Waals surface area contributed by atoms with Crippen LogP contribution < -0.4 is 20.7 Å². The molecule has 0 aliphatic carbocycles. The zero-order chi connectivity index (χ0) is 19.3. The molecule has 0 saturated carbocycles. The van der Waals surface area contributed by atoms with Gasteiger partial charge in [-0.25, -0.2) is 4.98 Å². The number of nitro benzene ring substituents is 1. The molecule has 2 aromatic rings. The first kappa shape index (κ1) is 19.3. The molecule has 26 heavy (non-hydrogen) atoms. The van der Waals surface area contributed by atoms with Crippen LogP contribution in [0.15, 0.2) is 30.5 Å². The highest BCUT2D eigenvalue weighted by Gasteiger charge is 2.22. The Balaban J connectivity index is 2.41. The summed E-state index contributed by atoms with van der Waals surface area (Å²) >= 11 is 0. The number of nitrogen functional groups attached to an aromatic ring is 1. The van der Waals surface area contributed by atoms with E-state index in [2.05, 4.69) is 10.3 Å². The van der Waals surface area contributed by atoms with Gasteiger partial charge in [-0.1, -0.05) is 0 Å². The third-order valence-corrected chi connectivity index (χ3v) is 3.83. The first-order valence-corrected chi connectivity index (χ1v) is 8.02. The first-order chi connectivity index (χ1) is 12.3. The molecule has 1 heterocycles. The largest absolute Gasteiger partial charge is 0.494 e. The van der Waals surface area contributed by atoms with Crippen molar-refractivity contribution >= 4 is 28.6 Å². The number of anilines is 4. The lowest BCUT2D eigenvalue weighted by molar-refractivity contribution is -0.384. The van der Waals surface area contributed by atoms with E-state index in [0.29, 0.717) is 35.2 Å². The van der Waals surface area contributed by atoms with Crippen LogP contribution in [0.1, 0.15) is 0 Å². The highest BCUT2D eigenvalue weighted by Crippen LogP contribution is 2.39. The van der Waals surface area contributed by atoms with Crippen LogP contribution in [0.3, 0.4) is 0 Å². The Labute approximate surface area is 152 Å². The van der Waals surface area contributed by atoms with E-state index in [1.165, 1.54) is 13.2 Å². The SMILES string of the molecule is COc1cc(N(C)CCN(C)C)c([N+](=O)[O-])cc1Nc1cc(N)ccn1. The Bertz CT molecular complexity index is 781. The topological polar surface area (TPSA) is 110 Å². The van der Waals surface area contributed by atoms with Gasteiger partial charge in [0.25, 0.3) is 5.69 Å². The highest BCUT2D eigenvalue weighted by atomic mass is 16.6. The van der Waals surface area contributed by atoms with E-state index in [-0.39, 0.29) is 5.69 Å². The second kappa shape index (κ2) is 8.34. The fourth-order valence-electron chi connectivity index (χ4n) is 2.40. The number of hydrogen-bond acceptors (Lipinski definition) is 8.